The maximum absolute atomic E-state index is 6.33. The SMILES string of the molecule is CCCNCc1cc(Cl)c(OCCCSCC)c(OC)c1. The van der Waals surface area contributed by atoms with E-state index in [1.807, 2.05) is 23.9 Å². The van der Waals surface area contributed by atoms with E-state index in [1.165, 1.54) is 0 Å². The Hall–Kier alpha value is -0.580. The van der Waals surface area contributed by atoms with Crippen LogP contribution in [0.1, 0.15) is 32.3 Å². The monoisotopic (exact) mass is 331 g/mol. The van der Waals surface area contributed by atoms with Crippen molar-refractivity contribution in [3.63, 3.8) is 0 Å². The largest absolute Gasteiger partial charge is 0.493 e. The minimum Gasteiger partial charge on any atom is -0.493 e. The number of nitrogens with one attached hydrogen (secondary N) is 1. The molecule has 0 aliphatic carbocycles. The van der Waals surface area contributed by atoms with E-state index in [2.05, 4.69) is 19.2 Å². The van der Waals surface area contributed by atoms with Crippen LogP contribution in [-0.2, 0) is 6.54 Å². The van der Waals surface area contributed by atoms with Gasteiger partial charge in [0.15, 0.2) is 11.5 Å². The molecule has 0 amide bonds. The van der Waals surface area contributed by atoms with Gasteiger partial charge in [-0.25, -0.2) is 0 Å². The molecule has 5 heteroatoms. The van der Waals surface area contributed by atoms with Crippen molar-refractivity contribution in [2.24, 2.45) is 0 Å². The smallest absolute Gasteiger partial charge is 0.179 e. The summed E-state index contributed by atoms with van der Waals surface area (Å²) in [5, 5.41) is 3.97. The topological polar surface area (TPSA) is 30.5 Å². The molecule has 1 aromatic rings. The summed E-state index contributed by atoms with van der Waals surface area (Å²) >= 11 is 8.25. The number of hydrogen-bond acceptors (Lipinski definition) is 4. The lowest BCUT2D eigenvalue weighted by Gasteiger charge is -2.14. The summed E-state index contributed by atoms with van der Waals surface area (Å²) in [6.45, 7) is 6.76. The molecular formula is C16H26ClNO2S. The number of thioether (sulfide) groups is 1. The summed E-state index contributed by atoms with van der Waals surface area (Å²) in [5.41, 5.74) is 1.11. The van der Waals surface area contributed by atoms with Gasteiger partial charge in [-0.15, -0.1) is 0 Å². The lowest BCUT2D eigenvalue weighted by atomic mass is 10.2. The molecule has 0 aliphatic rings. The first kappa shape index (κ1) is 18.5. The predicted octanol–water partition coefficient (Wildman–Crippen LogP) is 4.37. The molecule has 120 valence electrons. The van der Waals surface area contributed by atoms with Gasteiger partial charge < -0.3 is 14.8 Å². The van der Waals surface area contributed by atoms with Crippen LogP contribution in [0.4, 0.5) is 0 Å². The highest BCUT2D eigenvalue weighted by Crippen LogP contribution is 2.36. The second-order valence-corrected chi connectivity index (χ2v) is 6.49. The molecule has 21 heavy (non-hydrogen) atoms. The van der Waals surface area contributed by atoms with Gasteiger partial charge in [0.05, 0.1) is 18.7 Å². The number of hydrogen-bond donors (Lipinski definition) is 1. The number of methoxy groups -OCH3 is 1. The molecule has 0 saturated heterocycles. The van der Waals surface area contributed by atoms with Gasteiger partial charge in [0.1, 0.15) is 0 Å². The van der Waals surface area contributed by atoms with E-state index in [0.717, 1.165) is 43.0 Å². The lowest BCUT2D eigenvalue weighted by molar-refractivity contribution is 0.295. The van der Waals surface area contributed by atoms with Crippen molar-refractivity contribution in [2.45, 2.75) is 33.2 Å². The molecule has 0 spiro atoms. The summed E-state index contributed by atoms with van der Waals surface area (Å²) in [5.74, 6) is 3.61. The van der Waals surface area contributed by atoms with Gasteiger partial charge in [-0.2, -0.15) is 11.8 Å². The van der Waals surface area contributed by atoms with E-state index in [9.17, 15) is 0 Å². The maximum atomic E-state index is 6.33. The summed E-state index contributed by atoms with van der Waals surface area (Å²) < 4.78 is 11.2. The van der Waals surface area contributed by atoms with Crippen LogP contribution in [0.15, 0.2) is 12.1 Å². The summed E-state index contributed by atoms with van der Waals surface area (Å²) in [6, 6.07) is 3.94. The van der Waals surface area contributed by atoms with Gasteiger partial charge in [0, 0.05) is 6.54 Å². The third-order valence-corrected chi connectivity index (χ3v) is 4.20. The fourth-order valence-corrected chi connectivity index (χ4v) is 2.80. The Morgan fingerprint density at radius 2 is 2.10 bits per heavy atom. The number of rotatable bonds is 11. The fraction of sp³-hybridized carbons (Fsp3) is 0.625. The Balaban J connectivity index is 2.61. The van der Waals surface area contributed by atoms with Crippen molar-refractivity contribution in [1.82, 2.24) is 5.32 Å². The van der Waals surface area contributed by atoms with Crippen LogP contribution in [-0.4, -0.2) is 31.8 Å². The van der Waals surface area contributed by atoms with Gasteiger partial charge in [0.25, 0.3) is 0 Å². The number of benzene rings is 1. The van der Waals surface area contributed by atoms with E-state index in [0.29, 0.717) is 23.1 Å². The summed E-state index contributed by atoms with van der Waals surface area (Å²) in [4.78, 5) is 0. The molecule has 0 aromatic heterocycles. The predicted molar refractivity (Wildman–Crippen MR) is 93.1 cm³/mol. The molecule has 1 aromatic carbocycles. The van der Waals surface area contributed by atoms with E-state index >= 15 is 0 Å². The zero-order chi connectivity index (χ0) is 15.5. The van der Waals surface area contributed by atoms with Crippen molar-refractivity contribution < 1.29 is 9.47 Å². The molecule has 0 fully saturated rings. The van der Waals surface area contributed by atoms with Gasteiger partial charge in [-0.1, -0.05) is 25.4 Å². The molecule has 0 aliphatic heterocycles. The molecule has 3 nitrogen and oxygen atoms in total. The fourth-order valence-electron chi connectivity index (χ4n) is 1.90. The van der Waals surface area contributed by atoms with Gasteiger partial charge in [0.2, 0.25) is 0 Å². The summed E-state index contributed by atoms with van der Waals surface area (Å²) in [7, 11) is 1.65. The minimum atomic E-state index is 0.616. The van der Waals surface area contributed by atoms with Crippen molar-refractivity contribution >= 4 is 23.4 Å². The molecular weight excluding hydrogens is 306 g/mol. The Bertz CT molecular complexity index is 416. The maximum Gasteiger partial charge on any atom is 0.179 e. The van der Waals surface area contributed by atoms with Crippen LogP contribution in [0.25, 0.3) is 0 Å². The van der Waals surface area contributed by atoms with Crippen molar-refractivity contribution in [3.05, 3.63) is 22.7 Å². The van der Waals surface area contributed by atoms with E-state index < -0.39 is 0 Å². The van der Waals surface area contributed by atoms with Gasteiger partial charge in [-0.3, -0.25) is 0 Å². The number of halogens is 1. The van der Waals surface area contributed by atoms with Crippen molar-refractivity contribution in [1.29, 1.82) is 0 Å². The molecule has 0 bridgehead atoms. The van der Waals surface area contributed by atoms with Crippen LogP contribution in [0.2, 0.25) is 5.02 Å². The molecule has 0 atom stereocenters. The Morgan fingerprint density at radius 1 is 1.29 bits per heavy atom. The van der Waals surface area contributed by atoms with Crippen molar-refractivity contribution in [2.75, 3.05) is 31.8 Å². The van der Waals surface area contributed by atoms with E-state index in [1.54, 1.807) is 7.11 Å². The van der Waals surface area contributed by atoms with Crippen LogP contribution < -0.4 is 14.8 Å². The van der Waals surface area contributed by atoms with E-state index in [-0.39, 0.29) is 0 Å². The van der Waals surface area contributed by atoms with Gasteiger partial charge in [-0.05, 0) is 48.6 Å². The third kappa shape index (κ3) is 6.81. The molecule has 0 heterocycles. The molecule has 1 rings (SSSR count). The first-order valence-electron chi connectivity index (χ1n) is 7.50. The molecule has 0 saturated carbocycles. The number of ether oxygens (including phenoxy) is 2. The zero-order valence-electron chi connectivity index (χ0n) is 13.2. The normalized spacial score (nSPS) is 10.7. The Kier molecular flexibility index (Phi) is 9.72. The van der Waals surface area contributed by atoms with Crippen LogP contribution in [0.3, 0.4) is 0 Å². The molecule has 1 N–H and O–H groups in total. The highest BCUT2D eigenvalue weighted by Gasteiger charge is 2.11. The first-order valence-corrected chi connectivity index (χ1v) is 9.03. The first-order chi connectivity index (χ1) is 10.2. The lowest BCUT2D eigenvalue weighted by Crippen LogP contribution is -2.14. The second-order valence-electron chi connectivity index (χ2n) is 4.68. The highest BCUT2D eigenvalue weighted by molar-refractivity contribution is 7.99. The van der Waals surface area contributed by atoms with Crippen LogP contribution in [0.5, 0.6) is 11.5 Å². The Morgan fingerprint density at radius 3 is 2.76 bits per heavy atom. The molecule has 0 radical (unpaired) electrons. The second kappa shape index (κ2) is 11.0. The minimum absolute atomic E-state index is 0.616. The van der Waals surface area contributed by atoms with Crippen molar-refractivity contribution in [3.8, 4) is 11.5 Å². The quantitative estimate of drug-likeness (QED) is 0.610. The highest BCUT2D eigenvalue weighted by atomic mass is 35.5. The summed E-state index contributed by atoms with van der Waals surface area (Å²) in [6.07, 6.45) is 2.12. The Labute approximate surface area is 137 Å². The van der Waals surface area contributed by atoms with Crippen LogP contribution in [0, 0.1) is 0 Å². The zero-order valence-corrected chi connectivity index (χ0v) is 14.8. The average Bonchev–Trinajstić information content (AvgIpc) is 2.48. The average molecular weight is 332 g/mol. The standard InChI is InChI=1S/C16H26ClNO2S/c1-4-7-18-12-13-10-14(17)16(15(11-13)19-3)20-8-6-9-21-5-2/h10-11,18H,4-9,12H2,1-3H3. The third-order valence-electron chi connectivity index (χ3n) is 2.93. The van der Waals surface area contributed by atoms with Gasteiger partial charge >= 0.3 is 0 Å². The van der Waals surface area contributed by atoms with Crippen LogP contribution >= 0.6 is 23.4 Å². The van der Waals surface area contributed by atoms with E-state index in [4.69, 9.17) is 21.1 Å². The molecule has 0 unspecified atom stereocenters.